The van der Waals surface area contributed by atoms with Crippen LogP contribution in [0.15, 0.2) is 0 Å². The molecule has 0 atom stereocenters. The van der Waals surface area contributed by atoms with E-state index in [1.165, 1.54) is 0 Å². The lowest BCUT2D eigenvalue weighted by Crippen LogP contribution is -2.52. The summed E-state index contributed by atoms with van der Waals surface area (Å²) in [6, 6.07) is 0. The summed E-state index contributed by atoms with van der Waals surface area (Å²) < 4.78 is 16.8. The van der Waals surface area contributed by atoms with Crippen LogP contribution in [0.1, 0.15) is 40.0 Å². The number of ether oxygens (including phenoxy) is 3. The van der Waals surface area contributed by atoms with E-state index in [1.807, 2.05) is 20.8 Å². The summed E-state index contributed by atoms with van der Waals surface area (Å²) >= 11 is 0. The fraction of sp³-hybridized carbons (Fsp3) is 0.923. The number of carbonyl (C=O) groups is 1. The summed E-state index contributed by atoms with van der Waals surface area (Å²) in [7, 11) is 0. The molecule has 2 rings (SSSR count). The van der Waals surface area contributed by atoms with E-state index in [0.29, 0.717) is 13.1 Å². The van der Waals surface area contributed by atoms with Crippen molar-refractivity contribution in [2.45, 2.75) is 51.4 Å². The molecular formula is C13H23NO4. The second-order valence-corrected chi connectivity index (χ2v) is 5.93. The summed E-state index contributed by atoms with van der Waals surface area (Å²) in [6.45, 7) is 8.42. The van der Waals surface area contributed by atoms with Crippen LogP contribution in [-0.2, 0) is 14.2 Å². The molecule has 0 aromatic carbocycles. The van der Waals surface area contributed by atoms with Gasteiger partial charge in [0.15, 0.2) is 5.79 Å². The molecule has 0 aromatic heterocycles. The zero-order chi connectivity index (χ0) is 13.2. The van der Waals surface area contributed by atoms with Crippen LogP contribution >= 0.6 is 0 Å². The van der Waals surface area contributed by atoms with Crippen molar-refractivity contribution < 1.29 is 19.0 Å². The molecule has 0 radical (unpaired) electrons. The van der Waals surface area contributed by atoms with Gasteiger partial charge in [-0.15, -0.1) is 0 Å². The maximum absolute atomic E-state index is 11.9. The molecule has 1 amide bonds. The quantitative estimate of drug-likeness (QED) is 0.667. The van der Waals surface area contributed by atoms with E-state index in [2.05, 4.69) is 0 Å². The normalized spacial score (nSPS) is 24.1. The Morgan fingerprint density at radius 3 is 2.22 bits per heavy atom. The predicted octanol–water partition coefficient (Wildman–Crippen LogP) is 2.15. The van der Waals surface area contributed by atoms with Crippen molar-refractivity contribution in [1.29, 1.82) is 0 Å². The number of nitrogens with zero attached hydrogens (tertiary/aromatic N) is 1. The molecule has 0 aliphatic carbocycles. The number of rotatable bonds is 0. The third-order valence-electron chi connectivity index (χ3n) is 3.20. The molecular weight excluding hydrogens is 234 g/mol. The molecule has 5 nitrogen and oxygen atoms in total. The first-order valence-electron chi connectivity index (χ1n) is 6.66. The molecule has 1 spiro atoms. The monoisotopic (exact) mass is 257 g/mol. The third-order valence-corrected chi connectivity index (χ3v) is 3.20. The highest BCUT2D eigenvalue weighted by Gasteiger charge is 2.40. The lowest BCUT2D eigenvalue weighted by Gasteiger charge is -2.43. The van der Waals surface area contributed by atoms with Crippen LogP contribution in [0.2, 0.25) is 0 Å². The highest BCUT2D eigenvalue weighted by atomic mass is 16.7. The van der Waals surface area contributed by atoms with E-state index in [1.54, 1.807) is 4.90 Å². The number of amides is 1. The minimum absolute atomic E-state index is 0.242. The van der Waals surface area contributed by atoms with Crippen LogP contribution in [0.3, 0.4) is 0 Å². The summed E-state index contributed by atoms with van der Waals surface area (Å²) in [5.41, 5.74) is -0.440. The van der Waals surface area contributed by atoms with Crippen molar-refractivity contribution in [1.82, 2.24) is 4.90 Å². The molecule has 0 aromatic rings. The van der Waals surface area contributed by atoms with Gasteiger partial charge >= 0.3 is 6.09 Å². The molecule has 2 aliphatic heterocycles. The standard InChI is InChI=1S/C13H23NO4/c1-12(2,3)18-11(15)14-7-5-13(6-8-14)16-9-4-10-17-13/h4-10H2,1-3H3. The Bertz CT molecular complexity index is 295. The van der Waals surface area contributed by atoms with E-state index < -0.39 is 11.4 Å². The van der Waals surface area contributed by atoms with Gasteiger partial charge in [0.2, 0.25) is 0 Å². The van der Waals surface area contributed by atoms with Crippen LogP contribution in [0.5, 0.6) is 0 Å². The molecule has 0 saturated carbocycles. The highest BCUT2D eigenvalue weighted by Crippen LogP contribution is 2.31. The van der Waals surface area contributed by atoms with E-state index in [-0.39, 0.29) is 6.09 Å². The summed E-state index contributed by atoms with van der Waals surface area (Å²) in [4.78, 5) is 13.6. The van der Waals surface area contributed by atoms with Gasteiger partial charge in [0.25, 0.3) is 0 Å². The first-order chi connectivity index (χ1) is 8.40. The average Bonchev–Trinajstić information content (AvgIpc) is 2.28. The minimum atomic E-state index is -0.448. The van der Waals surface area contributed by atoms with Gasteiger partial charge in [-0.3, -0.25) is 0 Å². The average molecular weight is 257 g/mol. The van der Waals surface area contributed by atoms with Gasteiger partial charge in [0.1, 0.15) is 5.60 Å². The van der Waals surface area contributed by atoms with Gasteiger partial charge in [-0.05, 0) is 27.2 Å². The molecule has 2 aliphatic rings. The zero-order valence-electron chi connectivity index (χ0n) is 11.5. The molecule has 2 fully saturated rings. The van der Waals surface area contributed by atoms with Crippen LogP contribution < -0.4 is 0 Å². The highest BCUT2D eigenvalue weighted by molar-refractivity contribution is 5.68. The second kappa shape index (κ2) is 5.05. The summed E-state index contributed by atoms with van der Waals surface area (Å²) in [6.07, 6.45) is 2.17. The van der Waals surface area contributed by atoms with E-state index in [0.717, 1.165) is 32.5 Å². The van der Waals surface area contributed by atoms with E-state index in [9.17, 15) is 4.79 Å². The number of hydrogen-bond acceptors (Lipinski definition) is 4. The Labute approximate surface area is 108 Å². The van der Waals surface area contributed by atoms with Gasteiger partial charge in [0, 0.05) is 25.9 Å². The molecule has 2 heterocycles. The van der Waals surface area contributed by atoms with Crippen molar-refractivity contribution in [3.8, 4) is 0 Å². The molecule has 0 bridgehead atoms. The minimum Gasteiger partial charge on any atom is -0.444 e. The zero-order valence-corrected chi connectivity index (χ0v) is 11.5. The van der Waals surface area contributed by atoms with Crippen molar-refractivity contribution >= 4 is 6.09 Å². The van der Waals surface area contributed by atoms with Crippen molar-refractivity contribution in [2.75, 3.05) is 26.3 Å². The van der Waals surface area contributed by atoms with Gasteiger partial charge in [0.05, 0.1) is 13.2 Å². The van der Waals surface area contributed by atoms with E-state index >= 15 is 0 Å². The van der Waals surface area contributed by atoms with Gasteiger partial charge < -0.3 is 19.1 Å². The maximum atomic E-state index is 11.9. The fourth-order valence-electron chi connectivity index (χ4n) is 2.26. The van der Waals surface area contributed by atoms with Crippen molar-refractivity contribution in [3.05, 3.63) is 0 Å². The first-order valence-corrected chi connectivity index (χ1v) is 6.66. The number of likely N-dealkylation sites (tertiary alicyclic amines) is 1. The Kier molecular flexibility index (Phi) is 3.82. The largest absolute Gasteiger partial charge is 0.444 e. The molecule has 104 valence electrons. The van der Waals surface area contributed by atoms with Crippen LogP contribution in [0.4, 0.5) is 4.79 Å². The second-order valence-electron chi connectivity index (χ2n) is 5.93. The van der Waals surface area contributed by atoms with Crippen molar-refractivity contribution in [2.24, 2.45) is 0 Å². The van der Waals surface area contributed by atoms with Gasteiger partial charge in [-0.25, -0.2) is 4.79 Å². The summed E-state index contributed by atoms with van der Waals surface area (Å²) in [5, 5.41) is 0. The smallest absolute Gasteiger partial charge is 0.410 e. The molecule has 0 unspecified atom stereocenters. The van der Waals surface area contributed by atoms with Gasteiger partial charge in [-0.1, -0.05) is 0 Å². The maximum Gasteiger partial charge on any atom is 0.410 e. The molecule has 2 saturated heterocycles. The fourth-order valence-corrected chi connectivity index (χ4v) is 2.26. The predicted molar refractivity (Wildman–Crippen MR) is 66.3 cm³/mol. The Hall–Kier alpha value is -0.810. The van der Waals surface area contributed by atoms with Crippen LogP contribution in [0, 0.1) is 0 Å². The Balaban J connectivity index is 1.84. The third kappa shape index (κ3) is 3.36. The van der Waals surface area contributed by atoms with Crippen molar-refractivity contribution in [3.63, 3.8) is 0 Å². The summed E-state index contributed by atoms with van der Waals surface area (Å²) in [5.74, 6) is -0.448. The van der Waals surface area contributed by atoms with E-state index in [4.69, 9.17) is 14.2 Å². The van der Waals surface area contributed by atoms with Crippen LogP contribution in [0.25, 0.3) is 0 Å². The molecule has 18 heavy (non-hydrogen) atoms. The van der Waals surface area contributed by atoms with Crippen LogP contribution in [-0.4, -0.2) is 48.7 Å². The molecule has 5 heteroatoms. The number of carbonyl (C=O) groups excluding carboxylic acids is 1. The topological polar surface area (TPSA) is 48.0 Å². The molecule has 0 N–H and O–H groups in total. The lowest BCUT2D eigenvalue weighted by atomic mass is 10.0. The Morgan fingerprint density at radius 1 is 1.17 bits per heavy atom. The first kappa shape index (κ1) is 13.6. The number of piperidine rings is 1. The van der Waals surface area contributed by atoms with Gasteiger partial charge in [-0.2, -0.15) is 0 Å². The Morgan fingerprint density at radius 2 is 1.72 bits per heavy atom. The number of hydrogen-bond donors (Lipinski definition) is 0. The lowest BCUT2D eigenvalue weighted by molar-refractivity contribution is -0.282. The SMILES string of the molecule is CC(C)(C)OC(=O)N1CCC2(CC1)OCCCO2.